The van der Waals surface area contributed by atoms with Crippen LogP contribution in [0, 0.1) is 0 Å². The van der Waals surface area contributed by atoms with Gasteiger partial charge in [-0.3, -0.25) is 38.4 Å². The van der Waals surface area contributed by atoms with E-state index in [9.17, 15) is 38.4 Å². The third-order valence-electron chi connectivity index (χ3n) is 8.03. The van der Waals surface area contributed by atoms with Gasteiger partial charge >= 0.3 is 47.8 Å². The summed E-state index contributed by atoms with van der Waals surface area (Å²) in [6, 6.07) is 7.68. The van der Waals surface area contributed by atoms with Crippen molar-refractivity contribution < 1.29 is 95.2 Å². The Morgan fingerprint density at radius 2 is 0.879 bits per heavy atom. The van der Waals surface area contributed by atoms with Crippen LogP contribution in [0.15, 0.2) is 30.3 Å². The molecule has 21 heteroatoms. The lowest BCUT2D eigenvalue weighted by Crippen LogP contribution is -2.63. The van der Waals surface area contributed by atoms with Crippen molar-refractivity contribution in [1.82, 2.24) is 4.98 Å². The topological polar surface area (TPSA) is 260 Å². The Hall–Kier alpha value is -6.09. The Kier molecular flexibility index (Phi) is 15.3. The molecule has 2 fully saturated rings. The van der Waals surface area contributed by atoms with Gasteiger partial charge in [-0.25, -0.2) is 4.98 Å². The highest BCUT2D eigenvalue weighted by atomic mass is 16.8. The van der Waals surface area contributed by atoms with Crippen LogP contribution in [0.3, 0.4) is 0 Å². The van der Waals surface area contributed by atoms with Crippen LogP contribution in [0.4, 0.5) is 0 Å². The van der Waals surface area contributed by atoms with Crippen molar-refractivity contribution in [2.45, 2.75) is 117 Å². The van der Waals surface area contributed by atoms with E-state index in [-0.39, 0.29) is 17.1 Å². The Balaban J connectivity index is 1.82. The van der Waals surface area contributed by atoms with Crippen molar-refractivity contribution in [2.24, 2.45) is 0 Å². The number of carbonyl (C=O) groups is 8. The Morgan fingerprint density at radius 3 is 1.29 bits per heavy atom. The van der Waals surface area contributed by atoms with E-state index >= 15 is 0 Å². The number of aromatic nitrogens is 1. The molecule has 0 bridgehead atoms. The van der Waals surface area contributed by atoms with Crippen molar-refractivity contribution in [3.05, 3.63) is 30.3 Å². The van der Waals surface area contributed by atoms with E-state index in [2.05, 4.69) is 4.98 Å². The number of carbonyl (C=O) groups excluding carboxylic acids is 8. The number of hydrogen-bond donors (Lipinski definition) is 0. The Labute approximate surface area is 330 Å². The minimum absolute atomic E-state index is 0.0628. The maximum Gasteiger partial charge on any atom is 0.303 e. The zero-order chi connectivity index (χ0) is 42.8. The minimum Gasteiger partial charge on any atom is -0.463 e. The lowest BCUT2D eigenvalue weighted by Gasteiger charge is -2.44. The molecule has 0 unspecified atom stereocenters. The zero-order valence-electron chi connectivity index (χ0n) is 32.7. The third kappa shape index (κ3) is 12.2. The lowest BCUT2D eigenvalue weighted by molar-refractivity contribution is -0.289. The van der Waals surface area contributed by atoms with Gasteiger partial charge in [0.05, 0.1) is 5.52 Å². The number of pyridine rings is 1. The molecule has 4 rings (SSSR count). The number of para-hydroxylation sites is 1. The highest BCUT2D eigenvalue weighted by Gasteiger charge is 2.55. The van der Waals surface area contributed by atoms with Crippen LogP contribution in [0.25, 0.3) is 10.9 Å². The summed E-state index contributed by atoms with van der Waals surface area (Å²) in [6.45, 7) is 7.59. The second kappa shape index (κ2) is 19.9. The summed E-state index contributed by atoms with van der Waals surface area (Å²) in [5, 5.41) is 0.323. The SMILES string of the molecule is CC(=O)OC[C@H]1O[C@@H](Oc2cc(O[C@@H]3O[C@H](COC(C)=O)[C@@H](OC(C)=O)[C@H](OC(C)=O)[C@H]3OC(C)=O)c3ccccc3n2)[C@H](OC(C)=O)[C@@H](OC(C)=O)[C@@H]1OC(C)=O. The molecular weight excluding hydrogens is 778 g/mol. The first kappa shape index (κ1) is 44.6. The third-order valence-corrected chi connectivity index (χ3v) is 8.03. The molecule has 2 aliphatic rings. The number of fused-ring (bicyclic) bond motifs is 1. The highest BCUT2D eigenvalue weighted by Crippen LogP contribution is 2.37. The molecule has 3 heterocycles. The normalized spacial score (nSPS) is 26.5. The van der Waals surface area contributed by atoms with Gasteiger partial charge in [0.15, 0.2) is 24.4 Å². The summed E-state index contributed by atoms with van der Waals surface area (Å²) in [5.74, 6) is -6.93. The molecular formula is C37H43NO20. The largest absolute Gasteiger partial charge is 0.463 e. The van der Waals surface area contributed by atoms with Crippen molar-refractivity contribution in [3.63, 3.8) is 0 Å². The van der Waals surface area contributed by atoms with Crippen LogP contribution in [0.1, 0.15) is 55.4 Å². The van der Waals surface area contributed by atoms with Gasteiger partial charge in [0.25, 0.3) is 0 Å². The van der Waals surface area contributed by atoms with Gasteiger partial charge in [-0.05, 0) is 12.1 Å². The number of nitrogens with zero attached hydrogens (tertiary/aromatic N) is 1. The first-order valence-electron chi connectivity index (χ1n) is 17.7. The van der Waals surface area contributed by atoms with Crippen molar-refractivity contribution >= 4 is 58.7 Å². The van der Waals surface area contributed by atoms with Crippen LogP contribution in [0.5, 0.6) is 11.6 Å². The monoisotopic (exact) mass is 821 g/mol. The summed E-state index contributed by atoms with van der Waals surface area (Å²) in [7, 11) is 0. The number of rotatable bonds is 14. The maximum absolute atomic E-state index is 12.4. The number of ether oxygens (including phenoxy) is 12. The summed E-state index contributed by atoms with van der Waals surface area (Å²) in [4.78, 5) is 102. The van der Waals surface area contributed by atoms with Gasteiger partial charge in [-0.15, -0.1) is 0 Å². The van der Waals surface area contributed by atoms with Gasteiger partial charge in [0.1, 0.15) is 31.2 Å². The van der Waals surface area contributed by atoms with Crippen LogP contribution >= 0.6 is 0 Å². The van der Waals surface area contributed by atoms with Crippen LogP contribution in [0.2, 0.25) is 0 Å². The standard InChI is InChI=1S/C37H43NO20/c1-16(39)47-14-27-30(49-18(3)41)32(51-20(5)43)34(53-22(7)45)36(56-27)55-26-13-29(38-25-12-10-9-11-24(25)26)58-37-35(54-23(8)46)33(52-21(6)44)31(50-19(4)42)28(57-37)15-48-17(2)40/h9-13,27-28,30-37H,14-15H2,1-8H3/t27-,28-,30-,31-,32+,33+,34-,35-,36-,37+/m1/s1. The van der Waals surface area contributed by atoms with E-state index in [1.54, 1.807) is 24.3 Å². The summed E-state index contributed by atoms with van der Waals surface area (Å²) >= 11 is 0. The average molecular weight is 822 g/mol. The molecule has 2 aromatic rings. The quantitative estimate of drug-likeness (QED) is 0.191. The summed E-state index contributed by atoms with van der Waals surface area (Å²) < 4.78 is 67.8. The molecule has 2 saturated heterocycles. The lowest BCUT2D eigenvalue weighted by atomic mass is 9.98. The van der Waals surface area contributed by atoms with E-state index in [0.29, 0.717) is 5.39 Å². The number of benzene rings is 1. The fourth-order valence-electron chi connectivity index (χ4n) is 6.09. The fourth-order valence-corrected chi connectivity index (χ4v) is 6.09. The fraction of sp³-hybridized carbons (Fsp3) is 0.541. The minimum atomic E-state index is -1.69. The molecule has 316 valence electrons. The van der Waals surface area contributed by atoms with Crippen LogP contribution in [-0.2, 0) is 85.7 Å². The van der Waals surface area contributed by atoms with Crippen molar-refractivity contribution in [3.8, 4) is 11.6 Å². The van der Waals surface area contributed by atoms with Crippen LogP contribution in [-0.4, -0.2) is 127 Å². The first-order chi connectivity index (χ1) is 27.3. The second-order valence-electron chi connectivity index (χ2n) is 12.8. The molecule has 0 spiro atoms. The maximum atomic E-state index is 12.4. The number of hydrogen-bond acceptors (Lipinski definition) is 21. The Morgan fingerprint density at radius 1 is 0.500 bits per heavy atom. The molecule has 0 radical (unpaired) electrons. The van der Waals surface area contributed by atoms with Gasteiger partial charge in [-0.2, -0.15) is 0 Å². The summed E-state index contributed by atoms with van der Waals surface area (Å²) in [5.41, 5.74) is 0.228. The summed E-state index contributed by atoms with van der Waals surface area (Å²) in [6.07, 6.45) is -15.3. The zero-order valence-corrected chi connectivity index (χ0v) is 32.7. The first-order valence-corrected chi connectivity index (χ1v) is 17.7. The molecule has 10 atom stereocenters. The molecule has 1 aromatic carbocycles. The van der Waals surface area contributed by atoms with E-state index < -0.39 is 122 Å². The van der Waals surface area contributed by atoms with Crippen LogP contribution < -0.4 is 9.47 Å². The van der Waals surface area contributed by atoms with Gasteiger partial charge < -0.3 is 56.8 Å². The molecule has 21 nitrogen and oxygen atoms in total. The second-order valence-corrected chi connectivity index (χ2v) is 12.8. The van der Waals surface area contributed by atoms with E-state index in [1.165, 1.54) is 6.07 Å². The van der Waals surface area contributed by atoms with Crippen molar-refractivity contribution in [2.75, 3.05) is 13.2 Å². The van der Waals surface area contributed by atoms with E-state index in [1.807, 2.05) is 0 Å². The van der Waals surface area contributed by atoms with Gasteiger partial charge in [-0.1, -0.05) is 12.1 Å². The van der Waals surface area contributed by atoms with E-state index in [4.69, 9.17) is 56.8 Å². The molecule has 2 aliphatic heterocycles. The molecule has 58 heavy (non-hydrogen) atoms. The van der Waals surface area contributed by atoms with Gasteiger partial charge in [0.2, 0.25) is 30.7 Å². The molecule has 0 aliphatic carbocycles. The molecule has 0 N–H and O–H groups in total. The molecule has 1 aromatic heterocycles. The van der Waals surface area contributed by atoms with Crippen molar-refractivity contribution in [1.29, 1.82) is 0 Å². The van der Waals surface area contributed by atoms with E-state index in [0.717, 1.165) is 55.4 Å². The highest BCUT2D eigenvalue weighted by molar-refractivity contribution is 5.85. The average Bonchev–Trinajstić information content (AvgIpc) is 3.10. The predicted octanol–water partition coefficient (Wildman–Crippen LogP) is 1.16. The molecule has 0 saturated carbocycles. The molecule has 0 amide bonds. The smallest absolute Gasteiger partial charge is 0.303 e. The Bertz CT molecular complexity index is 1880. The predicted molar refractivity (Wildman–Crippen MR) is 187 cm³/mol. The number of esters is 8. The van der Waals surface area contributed by atoms with Gasteiger partial charge in [0, 0.05) is 66.8 Å².